The average Bonchev–Trinajstić information content (AvgIpc) is 2.83. The Hall–Kier alpha value is -2.31. The molecule has 0 saturated heterocycles. The predicted molar refractivity (Wildman–Crippen MR) is 65.0 cm³/mol. The lowest BCUT2D eigenvalue weighted by molar-refractivity contribution is -0.137. The van der Waals surface area contributed by atoms with E-state index in [0.717, 1.165) is 6.07 Å². The van der Waals surface area contributed by atoms with Gasteiger partial charge < -0.3 is 5.32 Å². The summed E-state index contributed by atoms with van der Waals surface area (Å²) in [6.45, 7) is 0.878. The fourth-order valence-electron chi connectivity index (χ4n) is 2.22. The van der Waals surface area contributed by atoms with Crippen LogP contribution < -0.4 is 5.32 Å². The Bertz CT molecular complexity index is 676. The van der Waals surface area contributed by atoms with E-state index in [2.05, 4.69) is 10.4 Å². The van der Waals surface area contributed by atoms with Gasteiger partial charge in [-0.2, -0.15) is 18.3 Å². The lowest BCUT2D eigenvalue weighted by atomic mass is 10.0. The topological polar surface area (TPSA) is 46.9 Å². The molecule has 1 N–H and O–H groups in total. The first-order valence-corrected chi connectivity index (χ1v) is 5.99. The number of alkyl halides is 3. The highest BCUT2D eigenvalue weighted by Gasteiger charge is 2.34. The number of hydrogen-bond acceptors (Lipinski definition) is 2. The number of aromatic nitrogens is 2. The monoisotopic (exact) mass is 281 g/mol. The fourth-order valence-corrected chi connectivity index (χ4v) is 2.22. The zero-order valence-electron chi connectivity index (χ0n) is 10.2. The van der Waals surface area contributed by atoms with Crippen molar-refractivity contribution in [2.24, 2.45) is 0 Å². The summed E-state index contributed by atoms with van der Waals surface area (Å²) in [6, 6.07) is 6.60. The zero-order valence-corrected chi connectivity index (χ0v) is 10.2. The maximum absolute atomic E-state index is 13.0. The lowest BCUT2D eigenvalue weighted by Crippen LogP contribution is -2.35. The summed E-state index contributed by atoms with van der Waals surface area (Å²) in [7, 11) is 0. The molecular formula is C13H10F3N3O. The standard InChI is InChI=1S/C13H10F3N3O/c14-13(15,16)9-4-2-1-3-8(9)10-7-11-12(20)17-5-6-19(11)18-10/h1-4,7H,5-6H2,(H,17,20). The number of nitrogens with one attached hydrogen (secondary N) is 1. The van der Waals surface area contributed by atoms with E-state index in [0.29, 0.717) is 13.1 Å². The Kier molecular flexibility index (Phi) is 2.77. The number of amides is 1. The van der Waals surface area contributed by atoms with Gasteiger partial charge in [0.1, 0.15) is 5.69 Å². The third kappa shape index (κ3) is 2.04. The number of hydrogen-bond donors (Lipinski definition) is 1. The minimum absolute atomic E-state index is 0.0188. The molecule has 20 heavy (non-hydrogen) atoms. The Balaban J connectivity index is 2.13. The molecule has 0 bridgehead atoms. The second kappa shape index (κ2) is 4.36. The number of carbonyl (C=O) groups excluding carboxylic acids is 1. The molecule has 1 aromatic heterocycles. The smallest absolute Gasteiger partial charge is 0.349 e. The van der Waals surface area contributed by atoms with Crippen molar-refractivity contribution in [3.8, 4) is 11.3 Å². The van der Waals surface area contributed by atoms with Crippen LogP contribution in [0.5, 0.6) is 0 Å². The minimum atomic E-state index is -4.46. The van der Waals surface area contributed by atoms with Gasteiger partial charge in [0.05, 0.1) is 17.8 Å². The Morgan fingerprint density at radius 3 is 2.70 bits per heavy atom. The zero-order chi connectivity index (χ0) is 14.3. The molecular weight excluding hydrogens is 271 g/mol. The summed E-state index contributed by atoms with van der Waals surface area (Å²) in [5.41, 5.74) is -0.334. The molecule has 1 amide bonds. The van der Waals surface area contributed by atoms with Crippen molar-refractivity contribution in [1.29, 1.82) is 0 Å². The van der Waals surface area contributed by atoms with Crippen LogP contribution in [0.1, 0.15) is 16.1 Å². The van der Waals surface area contributed by atoms with Crippen molar-refractivity contribution in [2.75, 3.05) is 6.54 Å². The molecule has 0 saturated carbocycles. The van der Waals surface area contributed by atoms with Gasteiger partial charge in [0.2, 0.25) is 0 Å². The lowest BCUT2D eigenvalue weighted by Gasteiger charge is -2.13. The van der Waals surface area contributed by atoms with Crippen LogP contribution in [0.2, 0.25) is 0 Å². The van der Waals surface area contributed by atoms with Gasteiger partial charge in [-0.25, -0.2) is 0 Å². The van der Waals surface area contributed by atoms with Crippen LogP contribution in [0.4, 0.5) is 13.2 Å². The van der Waals surface area contributed by atoms with E-state index in [-0.39, 0.29) is 22.9 Å². The number of fused-ring (bicyclic) bond motifs is 1. The minimum Gasteiger partial charge on any atom is -0.349 e. The van der Waals surface area contributed by atoms with Crippen LogP contribution in [0.3, 0.4) is 0 Å². The number of halogens is 3. The van der Waals surface area contributed by atoms with Gasteiger partial charge in [-0.15, -0.1) is 0 Å². The third-order valence-corrected chi connectivity index (χ3v) is 3.13. The quantitative estimate of drug-likeness (QED) is 0.872. The molecule has 2 aromatic rings. The van der Waals surface area contributed by atoms with Crippen LogP contribution in [0.25, 0.3) is 11.3 Å². The van der Waals surface area contributed by atoms with E-state index in [9.17, 15) is 18.0 Å². The summed E-state index contributed by atoms with van der Waals surface area (Å²) in [5, 5.41) is 6.73. The van der Waals surface area contributed by atoms with E-state index >= 15 is 0 Å². The Morgan fingerprint density at radius 1 is 1.25 bits per heavy atom. The van der Waals surface area contributed by atoms with Crippen molar-refractivity contribution in [3.05, 3.63) is 41.6 Å². The number of nitrogens with zero attached hydrogens (tertiary/aromatic N) is 2. The molecule has 1 aromatic carbocycles. The summed E-state index contributed by atoms with van der Waals surface area (Å²) in [5.74, 6) is -0.320. The van der Waals surface area contributed by atoms with Gasteiger partial charge >= 0.3 is 6.18 Å². The molecule has 3 rings (SSSR count). The predicted octanol–water partition coefficient (Wildman–Crippen LogP) is 2.31. The number of rotatable bonds is 1. The van der Waals surface area contributed by atoms with Crippen molar-refractivity contribution in [1.82, 2.24) is 15.1 Å². The second-order valence-electron chi connectivity index (χ2n) is 4.44. The Morgan fingerprint density at radius 2 is 2.00 bits per heavy atom. The molecule has 0 aliphatic carbocycles. The molecule has 0 spiro atoms. The summed E-state index contributed by atoms with van der Waals surface area (Å²) in [4.78, 5) is 11.6. The van der Waals surface area contributed by atoms with Crippen LogP contribution >= 0.6 is 0 Å². The van der Waals surface area contributed by atoms with Gasteiger partial charge in [0, 0.05) is 12.1 Å². The van der Waals surface area contributed by atoms with Crippen LogP contribution in [-0.2, 0) is 12.7 Å². The van der Waals surface area contributed by atoms with Gasteiger partial charge in [0.25, 0.3) is 5.91 Å². The fraction of sp³-hybridized carbons (Fsp3) is 0.231. The van der Waals surface area contributed by atoms with Gasteiger partial charge in [-0.1, -0.05) is 18.2 Å². The highest BCUT2D eigenvalue weighted by atomic mass is 19.4. The van der Waals surface area contributed by atoms with Crippen molar-refractivity contribution in [3.63, 3.8) is 0 Å². The van der Waals surface area contributed by atoms with E-state index in [1.165, 1.54) is 28.9 Å². The summed E-state index contributed by atoms with van der Waals surface area (Å²) < 4.78 is 40.4. The van der Waals surface area contributed by atoms with Crippen molar-refractivity contribution in [2.45, 2.75) is 12.7 Å². The normalized spacial score (nSPS) is 14.8. The Labute approximate surface area is 112 Å². The number of benzene rings is 1. The number of carbonyl (C=O) groups is 1. The summed E-state index contributed by atoms with van der Waals surface area (Å²) >= 11 is 0. The SMILES string of the molecule is O=C1NCCn2nc(-c3ccccc3C(F)(F)F)cc21. The van der Waals surface area contributed by atoms with Crippen LogP contribution in [-0.4, -0.2) is 22.2 Å². The summed E-state index contributed by atoms with van der Waals surface area (Å²) in [6.07, 6.45) is -4.46. The first kappa shape index (κ1) is 12.7. The molecule has 0 atom stereocenters. The van der Waals surface area contributed by atoms with E-state index < -0.39 is 11.7 Å². The van der Waals surface area contributed by atoms with Gasteiger partial charge in [0.15, 0.2) is 0 Å². The molecule has 2 heterocycles. The molecule has 0 fully saturated rings. The molecule has 0 unspecified atom stereocenters. The molecule has 0 radical (unpaired) electrons. The maximum atomic E-state index is 13.0. The van der Waals surface area contributed by atoms with Crippen molar-refractivity contribution >= 4 is 5.91 Å². The highest BCUT2D eigenvalue weighted by Crippen LogP contribution is 2.36. The molecule has 104 valence electrons. The molecule has 1 aliphatic rings. The van der Waals surface area contributed by atoms with E-state index in [1.54, 1.807) is 0 Å². The molecule has 7 heteroatoms. The molecule has 1 aliphatic heterocycles. The van der Waals surface area contributed by atoms with Crippen molar-refractivity contribution < 1.29 is 18.0 Å². The average molecular weight is 281 g/mol. The highest BCUT2D eigenvalue weighted by molar-refractivity contribution is 5.94. The third-order valence-electron chi connectivity index (χ3n) is 3.13. The van der Waals surface area contributed by atoms with E-state index in [4.69, 9.17) is 0 Å². The van der Waals surface area contributed by atoms with Gasteiger partial charge in [-0.05, 0) is 12.1 Å². The first-order valence-electron chi connectivity index (χ1n) is 5.99. The van der Waals surface area contributed by atoms with Gasteiger partial charge in [-0.3, -0.25) is 9.48 Å². The van der Waals surface area contributed by atoms with E-state index in [1.807, 2.05) is 0 Å². The molecule has 4 nitrogen and oxygen atoms in total. The second-order valence-corrected chi connectivity index (χ2v) is 4.44. The maximum Gasteiger partial charge on any atom is 0.417 e. The largest absolute Gasteiger partial charge is 0.417 e. The van der Waals surface area contributed by atoms with Crippen LogP contribution in [0, 0.1) is 0 Å². The first-order chi connectivity index (χ1) is 9.47. The van der Waals surface area contributed by atoms with Crippen LogP contribution in [0.15, 0.2) is 30.3 Å².